The minimum Gasteiger partial charge on any atom is -0.395 e. The van der Waals surface area contributed by atoms with Crippen LogP contribution in [0, 0.1) is 11.3 Å². The lowest BCUT2D eigenvalue weighted by Crippen LogP contribution is -2.35. The van der Waals surface area contributed by atoms with E-state index >= 15 is 0 Å². The van der Waals surface area contributed by atoms with E-state index in [1.165, 1.54) is 0 Å². The second-order valence-electron chi connectivity index (χ2n) is 4.70. The van der Waals surface area contributed by atoms with E-state index in [-0.39, 0.29) is 6.61 Å². The van der Waals surface area contributed by atoms with Crippen molar-refractivity contribution in [2.45, 2.75) is 20.8 Å². The molecule has 0 saturated heterocycles. The Morgan fingerprint density at radius 3 is 2.23 bits per heavy atom. The fourth-order valence-corrected chi connectivity index (χ4v) is 2.37. The Labute approximate surface area is 90.4 Å². The SMILES string of the molecule is CN(CCO)CC(CBr)C(C)(C)C. The molecule has 0 heterocycles. The van der Waals surface area contributed by atoms with Gasteiger partial charge in [0.1, 0.15) is 0 Å². The van der Waals surface area contributed by atoms with Crippen LogP contribution >= 0.6 is 15.9 Å². The summed E-state index contributed by atoms with van der Waals surface area (Å²) in [5.74, 6) is 0.629. The number of aliphatic hydroxyl groups is 1. The highest BCUT2D eigenvalue weighted by Crippen LogP contribution is 2.27. The lowest BCUT2D eigenvalue weighted by molar-refractivity contribution is 0.161. The van der Waals surface area contributed by atoms with Gasteiger partial charge in [0.2, 0.25) is 0 Å². The van der Waals surface area contributed by atoms with Crippen LogP contribution in [0.5, 0.6) is 0 Å². The zero-order valence-electron chi connectivity index (χ0n) is 9.18. The van der Waals surface area contributed by atoms with Crippen molar-refractivity contribution in [1.29, 1.82) is 0 Å². The molecule has 0 amide bonds. The van der Waals surface area contributed by atoms with Crippen LogP contribution in [0.25, 0.3) is 0 Å². The first-order valence-corrected chi connectivity index (χ1v) is 5.89. The van der Waals surface area contributed by atoms with Gasteiger partial charge in [0.15, 0.2) is 0 Å². The van der Waals surface area contributed by atoms with Crippen molar-refractivity contribution >= 4 is 15.9 Å². The second-order valence-corrected chi connectivity index (χ2v) is 5.35. The molecule has 0 radical (unpaired) electrons. The smallest absolute Gasteiger partial charge is 0.0558 e. The Morgan fingerprint density at radius 2 is 1.92 bits per heavy atom. The predicted molar refractivity (Wildman–Crippen MR) is 61.3 cm³/mol. The second kappa shape index (κ2) is 5.99. The van der Waals surface area contributed by atoms with Gasteiger partial charge in [0.05, 0.1) is 6.61 Å². The van der Waals surface area contributed by atoms with Crippen molar-refractivity contribution in [3.63, 3.8) is 0 Å². The zero-order chi connectivity index (χ0) is 10.5. The van der Waals surface area contributed by atoms with Gasteiger partial charge in [0, 0.05) is 18.4 Å². The Morgan fingerprint density at radius 1 is 1.38 bits per heavy atom. The number of nitrogens with zero attached hydrogens (tertiary/aromatic N) is 1. The lowest BCUT2D eigenvalue weighted by Gasteiger charge is -2.32. The van der Waals surface area contributed by atoms with Crippen molar-refractivity contribution in [3.05, 3.63) is 0 Å². The van der Waals surface area contributed by atoms with Crippen molar-refractivity contribution in [3.8, 4) is 0 Å². The third kappa shape index (κ3) is 5.66. The molecule has 0 aliphatic rings. The van der Waals surface area contributed by atoms with Gasteiger partial charge >= 0.3 is 0 Å². The molecule has 0 aromatic heterocycles. The quantitative estimate of drug-likeness (QED) is 0.756. The van der Waals surface area contributed by atoms with E-state index in [9.17, 15) is 0 Å². The molecule has 0 aliphatic heterocycles. The number of alkyl halides is 1. The summed E-state index contributed by atoms with van der Waals surface area (Å²) < 4.78 is 0. The maximum Gasteiger partial charge on any atom is 0.0558 e. The molecule has 1 atom stereocenters. The average Bonchev–Trinajstić information content (AvgIpc) is 1.98. The van der Waals surface area contributed by atoms with Crippen LogP contribution in [0.15, 0.2) is 0 Å². The van der Waals surface area contributed by atoms with Crippen molar-refractivity contribution in [1.82, 2.24) is 4.90 Å². The van der Waals surface area contributed by atoms with Crippen LogP contribution in [0.4, 0.5) is 0 Å². The van der Waals surface area contributed by atoms with Crippen molar-refractivity contribution in [2.75, 3.05) is 32.1 Å². The molecule has 0 fully saturated rings. The van der Waals surface area contributed by atoms with Gasteiger partial charge in [-0.25, -0.2) is 0 Å². The number of halogens is 1. The number of hydrogen-bond acceptors (Lipinski definition) is 2. The lowest BCUT2D eigenvalue weighted by atomic mass is 9.82. The van der Waals surface area contributed by atoms with Gasteiger partial charge in [-0.05, 0) is 18.4 Å². The monoisotopic (exact) mass is 251 g/mol. The van der Waals surface area contributed by atoms with Gasteiger partial charge in [-0.1, -0.05) is 36.7 Å². The highest BCUT2D eigenvalue weighted by atomic mass is 79.9. The van der Waals surface area contributed by atoms with E-state index in [0.29, 0.717) is 11.3 Å². The Bertz CT molecular complexity index is 133. The fourth-order valence-electron chi connectivity index (χ4n) is 1.19. The summed E-state index contributed by atoms with van der Waals surface area (Å²) in [5.41, 5.74) is 0.327. The van der Waals surface area contributed by atoms with Crippen molar-refractivity contribution in [2.24, 2.45) is 11.3 Å². The first kappa shape index (κ1) is 13.4. The normalized spacial score (nSPS) is 15.0. The van der Waals surface area contributed by atoms with E-state index in [0.717, 1.165) is 18.4 Å². The van der Waals surface area contributed by atoms with E-state index in [4.69, 9.17) is 5.11 Å². The van der Waals surface area contributed by atoms with Crippen molar-refractivity contribution < 1.29 is 5.11 Å². The molecule has 0 aromatic carbocycles. The minimum absolute atomic E-state index is 0.246. The van der Waals surface area contributed by atoms with Gasteiger partial charge in [-0.2, -0.15) is 0 Å². The molecule has 0 rings (SSSR count). The molecule has 0 aliphatic carbocycles. The molecular weight excluding hydrogens is 230 g/mol. The Kier molecular flexibility index (Phi) is 6.18. The molecule has 2 nitrogen and oxygen atoms in total. The summed E-state index contributed by atoms with van der Waals surface area (Å²) >= 11 is 3.54. The van der Waals surface area contributed by atoms with E-state index in [2.05, 4.69) is 48.6 Å². The largest absolute Gasteiger partial charge is 0.395 e. The molecule has 3 heteroatoms. The van der Waals surface area contributed by atoms with Crippen LogP contribution in [0.2, 0.25) is 0 Å². The molecule has 0 spiro atoms. The zero-order valence-corrected chi connectivity index (χ0v) is 10.8. The predicted octanol–water partition coefficient (Wildman–Crippen LogP) is 1.97. The standard InChI is InChI=1S/C10H22BrNO/c1-10(2,3)9(7-11)8-12(4)5-6-13/h9,13H,5-8H2,1-4H3. The molecule has 13 heavy (non-hydrogen) atoms. The first-order chi connectivity index (χ1) is 5.91. The Balaban J connectivity index is 3.98. The number of likely N-dealkylation sites (N-methyl/N-ethyl adjacent to an activating group) is 1. The van der Waals surface area contributed by atoms with Gasteiger partial charge in [-0.15, -0.1) is 0 Å². The molecule has 0 saturated carbocycles. The topological polar surface area (TPSA) is 23.5 Å². The van der Waals surface area contributed by atoms with E-state index in [1.807, 2.05) is 0 Å². The third-order valence-corrected chi connectivity index (χ3v) is 3.21. The van der Waals surface area contributed by atoms with Gasteiger partial charge < -0.3 is 10.0 Å². The summed E-state index contributed by atoms with van der Waals surface area (Å²) in [6.07, 6.45) is 0. The molecule has 80 valence electrons. The summed E-state index contributed by atoms with van der Waals surface area (Å²) in [4.78, 5) is 2.18. The van der Waals surface area contributed by atoms with E-state index in [1.54, 1.807) is 0 Å². The summed E-state index contributed by atoms with van der Waals surface area (Å²) in [5, 5.41) is 9.79. The average molecular weight is 252 g/mol. The molecule has 1 unspecified atom stereocenters. The Hall–Kier alpha value is 0.400. The van der Waals surface area contributed by atoms with Crippen LogP contribution in [0.1, 0.15) is 20.8 Å². The summed E-state index contributed by atoms with van der Waals surface area (Å²) in [6, 6.07) is 0. The van der Waals surface area contributed by atoms with E-state index < -0.39 is 0 Å². The first-order valence-electron chi connectivity index (χ1n) is 4.77. The maximum absolute atomic E-state index is 8.77. The van der Waals surface area contributed by atoms with Crippen LogP contribution < -0.4 is 0 Å². The molecule has 0 aromatic rings. The van der Waals surface area contributed by atoms with Gasteiger partial charge in [-0.3, -0.25) is 0 Å². The molecule has 0 bridgehead atoms. The number of hydrogen-bond donors (Lipinski definition) is 1. The molecular formula is C10H22BrNO. The third-order valence-electron chi connectivity index (χ3n) is 2.42. The van der Waals surface area contributed by atoms with Crippen LogP contribution in [-0.2, 0) is 0 Å². The van der Waals surface area contributed by atoms with Crippen LogP contribution in [-0.4, -0.2) is 42.1 Å². The maximum atomic E-state index is 8.77. The highest BCUT2D eigenvalue weighted by Gasteiger charge is 2.24. The molecule has 1 N–H and O–H groups in total. The highest BCUT2D eigenvalue weighted by molar-refractivity contribution is 9.09. The minimum atomic E-state index is 0.246. The fraction of sp³-hybridized carbons (Fsp3) is 1.00. The number of aliphatic hydroxyl groups excluding tert-OH is 1. The summed E-state index contributed by atoms with van der Waals surface area (Å²) in [6.45, 7) is 8.81. The summed E-state index contributed by atoms with van der Waals surface area (Å²) in [7, 11) is 2.05. The van der Waals surface area contributed by atoms with Crippen LogP contribution in [0.3, 0.4) is 0 Å². The van der Waals surface area contributed by atoms with Gasteiger partial charge in [0.25, 0.3) is 0 Å². The number of rotatable bonds is 5.